The number of nitrogens with one attached hydrogen (secondary N) is 1. The highest BCUT2D eigenvalue weighted by molar-refractivity contribution is 5.94. The summed E-state index contributed by atoms with van der Waals surface area (Å²) in [5, 5.41) is 16.4. The van der Waals surface area contributed by atoms with Crippen LogP contribution in [0.2, 0.25) is 0 Å². The summed E-state index contributed by atoms with van der Waals surface area (Å²) in [6, 6.07) is 8.72. The number of rotatable bonds is 5. The van der Waals surface area contributed by atoms with E-state index in [0.717, 1.165) is 57.4 Å². The summed E-state index contributed by atoms with van der Waals surface area (Å²) in [4.78, 5) is 15.4. The smallest absolute Gasteiger partial charge is 0.317 e. The zero-order valence-corrected chi connectivity index (χ0v) is 14.7. The first-order valence-electron chi connectivity index (χ1n) is 9.15. The number of amidine groups is 1. The number of carboxylic acids is 1. The normalized spacial score (nSPS) is 21.3. The molecule has 0 radical (unpaired) electrons. The lowest BCUT2D eigenvalue weighted by Gasteiger charge is -2.41. The van der Waals surface area contributed by atoms with Gasteiger partial charge in [-0.2, -0.15) is 0 Å². The van der Waals surface area contributed by atoms with Gasteiger partial charge in [-0.1, -0.05) is 24.3 Å². The SMILES string of the molecule is N=C(N)c1ccc(C2CCN(C3CCN(CC(=O)O)CC3)CC2)cc1. The molecular weight excluding hydrogens is 316 g/mol. The number of nitrogen functional groups attached to an aromatic ring is 1. The fraction of sp³-hybridized carbons (Fsp3) is 0.579. The molecule has 0 spiro atoms. The van der Waals surface area contributed by atoms with E-state index >= 15 is 0 Å². The summed E-state index contributed by atoms with van der Waals surface area (Å²) < 4.78 is 0. The van der Waals surface area contributed by atoms with Crippen LogP contribution in [-0.4, -0.2) is 65.5 Å². The van der Waals surface area contributed by atoms with Gasteiger partial charge in [-0.05, 0) is 50.3 Å². The molecule has 2 fully saturated rings. The third-order valence-corrected chi connectivity index (χ3v) is 5.66. The monoisotopic (exact) mass is 344 g/mol. The molecule has 0 aliphatic carbocycles. The largest absolute Gasteiger partial charge is 0.480 e. The lowest BCUT2D eigenvalue weighted by molar-refractivity contribution is -0.138. The molecule has 0 aromatic heterocycles. The molecule has 2 aliphatic rings. The molecule has 6 heteroatoms. The molecule has 136 valence electrons. The molecule has 0 unspecified atom stereocenters. The fourth-order valence-corrected chi connectivity index (χ4v) is 4.17. The van der Waals surface area contributed by atoms with E-state index in [4.69, 9.17) is 16.2 Å². The molecule has 0 amide bonds. The standard InChI is InChI=1S/C19H28N4O2/c20-19(21)16-3-1-14(2-4-16)15-5-11-23(12-6-15)17-7-9-22(10-8-17)13-18(24)25/h1-4,15,17H,5-13H2,(H3,20,21)(H,24,25). The number of piperidine rings is 2. The Kier molecular flexibility index (Phi) is 5.71. The van der Waals surface area contributed by atoms with Gasteiger partial charge in [0.15, 0.2) is 0 Å². The van der Waals surface area contributed by atoms with Gasteiger partial charge in [0.05, 0.1) is 6.54 Å². The number of hydrogen-bond acceptors (Lipinski definition) is 4. The van der Waals surface area contributed by atoms with Crippen LogP contribution in [0.15, 0.2) is 24.3 Å². The van der Waals surface area contributed by atoms with Gasteiger partial charge in [0, 0.05) is 24.7 Å². The van der Waals surface area contributed by atoms with Crippen molar-refractivity contribution in [1.29, 1.82) is 5.41 Å². The average molecular weight is 344 g/mol. The minimum absolute atomic E-state index is 0.121. The molecule has 1 aromatic rings. The Morgan fingerprint density at radius 2 is 1.68 bits per heavy atom. The van der Waals surface area contributed by atoms with Gasteiger partial charge in [-0.15, -0.1) is 0 Å². The van der Waals surface area contributed by atoms with E-state index in [-0.39, 0.29) is 12.4 Å². The van der Waals surface area contributed by atoms with Crippen LogP contribution in [-0.2, 0) is 4.79 Å². The average Bonchev–Trinajstić information content (AvgIpc) is 2.62. The van der Waals surface area contributed by atoms with E-state index in [0.29, 0.717) is 12.0 Å². The fourth-order valence-electron chi connectivity index (χ4n) is 4.17. The molecule has 2 saturated heterocycles. The van der Waals surface area contributed by atoms with Crippen LogP contribution < -0.4 is 5.73 Å². The molecular formula is C19H28N4O2. The van der Waals surface area contributed by atoms with Crippen LogP contribution in [0.5, 0.6) is 0 Å². The number of benzene rings is 1. The Morgan fingerprint density at radius 3 is 2.20 bits per heavy atom. The van der Waals surface area contributed by atoms with Crippen molar-refractivity contribution >= 4 is 11.8 Å². The van der Waals surface area contributed by atoms with Gasteiger partial charge in [-0.3, -0.25) is 15.1 Å². The highest BCUT2D eigenvalue weighted by Crippen LogP contribution is 2.30. The zero-order valence-electron chi connectivity index (χ0n) is 14.7. The van der Waals surface area contributed by atoms with Crippen LogP contribution in [0.1, 0.15) is 42.7 Å². The summed E-state index contributed by atoms with van der Waals surface area (Å²) in [6.07, 6.45) is 4.47. The quantitative estimate of drug-likeness (QED) is 0.558. The maximum Gasteiger partial charge on any atom is 0.317 e. The number of aliphatic carboxylic acids is 1. The predicted octanol–water partition coefficient (Wildman–Crippen LogP) is 1.70. The molecule has 6 nitrogen and oxygen atoms in total. The number of hydrogen-bond donors (Lipinski definition) is 3. The molecule has 0 bridgehead atoms. The minimum Gasteiger partial charge on any atom is -0.480 e. The Hall–Kier alpha value is -1.92. The van der Waals surface area contributed by atoms with E-state index in [9.17, 15) is 4.79 Å². The second-order valence-electron chi connectivity index (χ2n) is 7.25. The lowest BCUT2D eigenvalue weighted by atomic mass is 9.87. The van der Waals surface area contributed by atoms with Crippen LogP contribution in [0.25, 0.3) is 0 Å². The highest BCUT2D eigenvalue weighted by atomic mass is 16.4. The summed E-state index contributed by atoms with van der Waals surface area (Å²) in [5.74, 6) is -0.0185. The Balaban J connectivity index is 1.47. The van der Waals surface area contributed by atoms with Crippen molar-refractivity contribution in [2.75, 3.05) is 32.7 Å². The van der Waals surface area contributed by atoms with Gasteiger partial charge in [0.25, 0.3) is 0 Å². The Bertz CT molecular complexity index is 600. The Labute approximate surface area is 149 Å². The summed E-state index contributed by atoms with van der Waals surface area (Å²) >= 11 is 0. The van der Waals surface area contributed by atoms with E-state index in [1.165, 1.54) is 5.56 Å². The van der Waals surface area contributed by atoms with Crippen molar-refractivity contribution < 1.29 is 9.90 Å². The second-order valence-corrected chi connectivity index (χ2v) is 7.25. The first-order chi connectivity index (χ1) is 12.0. The van der Waals surface area contributed by atoms with E-state index < -0.39 is 5.97 Å². The lowest BCUT2D eigenvalue weighted by Crippen LogP contribution is -2.48. The maximum absolute atomic E-state index is 10.8. The van der Waals surface area contributed by atoms with Crippen molar-refractivity contribution in [2.45, 2.75) is 37.6 Å². The summed E-state index contributed by atoms with van der Waals surface area (Å²) in [7, 11) is 0. The number of nitrogens with zero attached hydrogens (tertiary/aromatic N) is 2. The minimum atomic E-state index is -0.727. The zero-order chi connectivity index (χ0) is 17.8. The van der Waals surface area contributed by atoms with Crippen LogP contribution in [0, 0.1) is 5.41 Å². The molecule has 1 aromatic carbocycles. The highest BCUT2D eigenvalue weighted by Gasteiger charge is 2.29. The van der Waals surface area contributed by atoms with Gasteiger partial charge < -0.3 is 15.7 Å². The molecule has 4 N–H and O–H groups in total. The van der Waals surface area contributed by atoms with Crippen LogP contribution in [0.4, 0.5) is 0 Å². The second kappa shape index (κ2) is 7.97. The van der Waals surface area contributed by atoms with Crippen molar-refractivity contribution in [2.24, 2.45) is 5.73 Å². The van der Waals surface area contributed by atoms with Crippen molar-refractivity contribution in [3.63, 3.8) is 0 Å². The number of nitrogens with two attached hydrogens (primary N) is 1. The summed E-state index contributed by atoms with van der Waals surface area (Å²) in [5.41, 5.74) is 7.65. The van der Waals surface area contributed by atoms with Gasteiger partial charge in [0.1, 0.15) is 5.84 Å². The first-order valence-corrected chi connectivity index (χ1v) is 9.15. The van der Waals surface area contributed by atoms with Gasteiger partial charge in [-0.25, -0.2) is 0 Å². The van der Waals surface area contributed by atoms with Gasteiger partial charge in [0.2, 0.25) is 0 Å². The van der Waals surface area contributed by atoms with E-state index in [1.54, 1.807) is 0 Å². The van der Waals surface area contributed by atoms with E-state index in [2.05, 4.69) is 17.0 Å². The number of carboxylic acid groups (broad SMARTS) is 1. The molecule has 0 atom stereocenters. The van der Waals surface area contributed by atoms with Crippen molar-refractivity contribution in [1.82, 2.24) is 9.80 Å². The maximum atomic E-state index is 10.8. The third kappa shape index (κ3) is 4.58. The van der Waals surface area contributed by atoms with Crippen molar-refractivity contribution in [3.8, 4) is 0 Å². The first kappa shape index (κ1) is 17.9. The number of carbonyl (C=O) groups is 1. The molecule has 3 rings (SSSR count). The molecule has 2 heterocycles. The van der Waals surface area contributed by atoms with Crippen LogP contribution in [0.3, 0.4) is 0 Å². The predicted molar refractivity (Wildman–Crippen MR) is 98.1 cm³/mol. The third-order valence-electron chi connectivity index (χ3n) is 5.66. The van der Waals surface area contributed by atoms with Gasteiger partial charge >= 0.3 is 5.97 Å². The number of likely N-dealkylation sites (tertiary alicyclic amines) is 2. The molecule has 2 aliphatic heterocycles. The Morgan fingerprint density at radius 1 is 1.08 bits per heavy atom. The topological polar surface area (TPSA) is 93.7 Å². The molecule has 25 heavy (non-hydrogen) atoms. The summed E-state index contributed by atoms with van der Waals surface area (Å²) in [6.45, 7) is 4.18. The van der Waals surface area contributed by atoms with Crippen molar-refractivity contribution in [3.05, 3.63) is 35.4 Å². The molecule has 0 saturated carbocycles. The van der Waals surface area contributed by atoms with Crippen LogP contribution >= 0.6 is 0 Å². The van der Waals surface area contributed by atoms with E-state index in [1.807, 2.05) is 17.0 Å².